The van der Waals surface area contributed by atoms with E-state index in [2.05, 4.69) is 19.1 Å². The molecule has 1 atom stereocenters. The SMILES string of the molecule is CCCCCCCCC=CC=C[C@@H](C)N. The number of allylic oxidation sites excluding steroid dienone is 3. The van der Waals surface area contributed by atoms with Gasteiger partial charge in [-0.05, 0) is 19.8 Å². The van der Waals surface area contributed by atoms with Gasteiger partial charge in [-0.2, -0.15) is 0 Å². The van der Waals surface area contributed by atoms with E-state index in [1.54, 1.807) is 0 Å². The van der Waals surface area contributed by atoms with Gasteiger partial charge in [0.15, 0.2) is 0 Å². The van der Waals surface area contributed by atoms with Gasteiger partial charge in [0.05, 0.1) is 0 Å². The average Bonchev–Trinajstić information content (AvgIpc) is 2.20. The van der Waals surface area contributed by atoms with E-state index in [4.69, 9.17) is 5.73 Å². The third kappa shape index (κ3) is 13.4. The molecule has 0 aliphatic rings. The van der Waals surface area contributed by atoms with Crippen molar-refractivity contribution in [3.63, 3.8) is 0 Å². The highest BCUT2D eigenvalue weighted by molar-refractivity contribution is 5.04. The normalized spacial score (nSPS) is 14.1. The predicted octanol–water partition coefficient (Wildman–Crippen LogP) is 4.20. The summed E-state index contributed by atoms with van der Waals surface area (Å²) in [5, 5.41) is 0. The van der Waals surface area contributed by atoms with Gasteiger partial charge in [-0.25, -0.2) is 0 Å². The average molecular weight is 209 g/mol. The number of hydrogen-bond acceptors (Lipinski definition) is 1. The van der Waals surface area contributed by atoms with Crippen LogP contribution >= 0.6 is 0 Å². The van der Waals surface area contributed by atoms with E-state index in [1.165, 1.54) is 44.9 Å². The molecule has 0 heterocycles. The summed E-state index contributed by atoms with van der Waals surface area (Å²) in [6.45, 7) is 4.24. The van der Waals surface area contributed by atoms with Gasteiger partial charge in [0.2, 0.25) is 0 Å². The summed E-state index contributed by atoms with van der Waals surface area (Å²) in [7, 11) is 0. The van der Waals surface area contributed by atoms with Crippen LogP contribution in [-0.2, 0) is 0 Å². The first-order chi connectivity index (χ1) is 7.27. The van der Waals surface area contributed by atoms with E-state index in [0.717, 1.165) is 0 Å². The number of hydrogen-bond donors (Lipinski definition) is 1. The van der Waals surface area contributed by atoms with E-state index in [-0.39, 0.29) is 6.04 Å². The molecule has 0 aromatic heterocycles. The second-order valence-corrected chi connectivity index (χ2v) is 4.23. The quantitative estimate of drug-likeness (QED) is 0.447. The van der Waals surface area contributed by atoms with Crippen molar-refractivity contribution in [3.8, 4) is 0 Å². The molecule has 2 N–H and O–H groups in total. The molecule has 0 fully saturated rings. The highest BCUT2D eigenvalue weighted by Crippen LogP contribution is 2.07. The third-order valence-corrected chi connectivity index (χ3v) is 2.39. The van der Waals surface area contributed by atoms with Crippen LogP contribution < -0.4 is 5.73 Å². The van der Waals surface area contributed by atoms with E-state index in [1.807, 2.05) is 19.1 Å². The maximum absolute atomic E-state index is 5.58. The lowest BCUT2D eigenvalue weighted by molar-refractivity contribution is 0.611. The van der Waals surface area contributed by atoms with Crippen LogP contribution in [0.3, 0.4) is 0 Å². The van der Waals surface area contributed by atoms with Crippen LogP contribution in [0.1, 0.15) is 58.8 Å². The second kappa shape index (κ2) is 11.5. The molecule has 0 aromatic carbocycles. The lowest BCUT2D eigenvalue weighted by Gasteiger charge is -1.97. The maximum Gasteiger partial charge on any atom is 0.0197 e. The van der Waals surface area contributed by atoms with E-state index < -0.39 is 0 Å². The highest BCUT2D eigenvalue weighted by Gasteiger charge is 1.87. The Morgan fingerprint density at radius 3 is 2.33 bits per heavy atom. The van der Waals surface area contributed by atoms with Crippen LogP contribution in [0.15, 0.2) is 24.3 Å². The Labute approximate surface area is 95.4 Å². The summed E-state index contributed by atoms with van der Waals surface area (Å²) < 4.78 is 0. The molecule has 0 bridgehead atoms. The molecular formula is C14H27N. The molecule has 88 valence electrons. The van der Waals surface area contributed by atoms with Crippen molar-refractivity contribution in [3.05, 3.63) is 24.3 Å². The second-order valence-electron chi connectivity index (χ2n) is 4.23. The van der Waals surface area contributed by atoms with Gasteiger partial charge in [-0.1, -0.05) is 63.3 Å². The summed E-state index contributed by atoms with van der Waals surface area (Å²) in [5.41, 5.74) is 5.58. The molecule has 0 aliphatic carbocycles. The van der Waals surface area contributed by atoms with Gasteiger partial charge in [0.25, 0.3) is 0 Å². The van der Waals surface area contributed by atoms with E-state index in [9.17, 15) is 0 Å². The van der Waals surface area contributed by atoms with Crippen molar-refractivity contribution in [2.75, 3.05) is 0 Å². The highest BCUT2D eigenvalue weighted by atomic mass is 14.6. The molecule has 15 heavy (non-hydrogen) atoms. The minimum Gasteiger partial charge on any atom is -0.325 e. The topological polar surface area (TPSA) is 26.0 Å². The molecular weight excluding hydrogens is 182 g/mol. The zero-order chi connectivity index (χ0) is 11.4. The Kier molecular flexibility index (Phi) is 11.1. The van der Waals surface area contributed by atoms with E-state index in [0.29, 0.717) is 0 Å². The summed E-state index contributed by atoms with van der Waals surface area (Å²) >= 11 is 0. The van der Waals surface area contributed by atoms with Crippen LogP contribution in [0.4, 0.5) is 0 Å². The molecule has 0 saturated heterocycles. The van der Waals surface area contributed by atoms with Gasteiger partial charge >= 0.3 is 0 Å². The van der Waals surface area contributed by atoms with Crippen LogP contribution in [0.25, 0.3) is 0 Å². The van der Waals surface area contributed by atoms with Crippen LogP contribution in [0.2, 0.25) is 0 Å². The van der Waals surface area contributed by atoms with E-state index >= 15 is 0 Å². The maximum atomic E-state index is 5.58. The fourth-order valence-corrected chi connectivity index (χ4v) is 1.46. The Balaban J connectivity index is 3.16. The molecule has 1 nitrogen and oxygen atoms in total. The molecule has 0 saturated carbocycles. The summed E-state index contributed by atoms with van der Waals surface area (Å²) in [6, 6.07) is 0.170. The largest absolute Gasteiger partial charge is 0.325 e. The predicted molar refractivity (Wildman–Crippen MR) is 69.9 cm³/mol. The van der Waals surface area contributed by atoms with Crippen molar-refractivity contribution in [1.29, 1.82) is 0 Å². The van der Waals surface area contributed by atoms with Gasteiger partial charge in [0.1, 0.15) is 0 Å². The monoisotopic (exact) mass is 209 g/mol. The van der Waals surface area contributed by atoms with Crippen molar-refractivity contribution >= 4 is 0 Å². The van der Waals surface area contributed by atoms with Gasteiger partial charge in [-0.15, -0.1) is 0 Å². The van der Waals surface area contributed by atoms with Crippen molar-refractivity contribution < 1.29 is 0 Å². The minimum absolute atomic E-state index is 0.170. The first kappa shape index (κ1) is 14.4. The molecule has 0 aromatic rings. The molecule has 0 spiro atoms. The minimum atomic E-state index is 0.170. The van der Waals surface area contributed by atoms with Crippen molar-refractivity contribution in [2.24, 2.45) is 5.73 Å². The Bertz CT molecular complexity index is 168. The number of nitrogens with two attached hydrogens (primary N) is 1. The zero-order valence-corrected chi connectivity index (χ0v) is 10.4. The van der Waals surface area contributed by atoms with Crippen molar-refractivity contribution in [1.82, 2.24) is 0 Å². The van der Waals surface area contributed by atoms with Crippen LogP contribution in [0, 0.1) is 0 Å². The fraction of sp³-hybridized carbons (Fsp3) is 0.714. The summed E-state index contributed by atoms with van der Waals surface area (Å²) in [5.74, 6) is 0. The first-order valence-corrected chi connectivity index (χ1v) is 6.36. The Morgan fingerprint density at radius 1 is 1.00 bits per heavy atom. The number of rotatable bonds is 9. The molecule has 0 aliphatic heterocycles. The van der Waals surface area contributed by atoms with Gasteiger partial charge in [-0.3, -0.25) is 0 Å². The fourth-order valence-electron chi connectivity index (χ4n) is 1.46. The smallest absolute Gasteiger partial charge is 0.0197 e. The lowest BCUT2D eigenvalue weighted by atomic mass is 10.1. The molecule has 0 rings (SSSR count). The first-order valence-electron chi connectivity index (χ1n) is 6.36. The summed E-state index contributed by atoms with van der Waals surface area (Å²) in [4.78, 5) is 0. The van der Waals surface area contributed by atoms with Gasteiger partial charge in [0, 0.05) is 6.04 Å². The van der Waals surface area contributed by atoms with Crippen molar-refractivity contribution in [2.45, 2.75) is 64.8 Å². The summed E-state index contributed by atoms with van der Waals surface area (Å²) in [6.07, 6.45) is 17.8. The molecule has 1 heteroatoms. The Hall–Kier alpha value is -0.560. The zero-order valence-electron chi connectivity index (χ0n) is 10.4. The van der Waals surface area contributed by atoms with Crippen LogP contribution in [0.5, 0.6) is 0 Å². The molecule has 0 unspecified atom stereocenters. The van der Waals surface area contributed by atoms with Crippen LogP contribution in [-0.4, -0.2) is 6.04 Å². The van der Waals surface area contributed by atoms with Gasteiger partial charge < -0.3 is 5.73 Å². The lowest BCUT2D eigenvalue weighted by Crippen LogP contribution is -2.09. The third-order valence-electron chi connectivity index (χ3n) is 2.39. The molecule has 0 amide bonds. The Morgan fingerprint density at radius 2 is 1.67 bits per heavy atom. The molecule has 0 radical (unpaired) electrons. The number of unbranched alkanes of at least 4 members (excludes halogenated alkanes) is 6. The standard InChI is InChI=1S/C14H27N/c1-3-4-5-6-7-8-9-10-11-12-13-14(2)15/h10-14H,3-9,15H2,1-2H3/t14-/m1/s1.